The molecule has 0 aromatic heterocycles. The molecule has 0 rings (SSSR count). The molecule has 68 heavy (non-hydrogen) atoms. The van der Waals surface area contributed by atoms with Crippen LogP contribution < -0.4 is 0 Å². The number of unbranched alkanes of at least 4 members (excludes halogenated alkanes) is 47. The van der Waals surface area contributed by atoms with Crippen LogP contribution in [0.3, 0.4) is 0 Å². The molecule has 0 aliphatic carbocycles. The summed E-state index contributed by atoms with van der Waals surface area (Å²) in [4.78, 5) is 37.9. The lowest BCUT2D eigenvalue weighted by Crippen LogP contribution is -2.30. The SMILES string of the molecule is CCCCCCCCCCCCCCCCCCCCCCCCC(=O)OCC(COC(=O)CCCCCCCC)OC(=O)CCCCCCCCCCCCCCCCCCCCCCCC. The smallest absolute Gasteiger partial charge is 0.306 e. The van der Waals surface area contributed by atoms with Crippen LogP contribution in [0.4, 0.5) is 0 Å². The minimum atomic E-state index is -0.760. The van der Waals surface area contributed by atoms with Gasteiger partial charge in [0.2, 0.25) is 0 Å². The molecule has 0 aromatic carbocycles. The van der Waals surface area contributed by atoms with Crippen molar-refractivity contribution < 1.29 is 28.6 Å². The van der Waals surface area contributed by atoms with E-state index in [1.807, 2.05) is 0 Å². The number of ether oxygens (including phenoxy) is 3. The van der Waals surface area contributed by atoms with Gasteiger partial charge in [0, 0.05) is 19.3 Å². The molecule has 0 aromatic rings. The van der Waals surface area contributed by atoms with Crippen LogP contribution in [0, 0.1) is 0 Å². The quantitative estimate of drug-likeness (QED) is 0.0343. The van der Waals surface area contributed by atoms with E-state index < -0.39 is 6.10 Å². The number of hydrogen-bond acceptors (Lipinski definition) is 6. The van der Waals surface area contributed by atoms with Gasteiger partial charge in [-0.25, -0.2) is 0 Å². The van der Waals surface area contributed by atoms with Gasteiger partial charge in [0.25, 0.3) is 0 Å². The first-order valence-corrected chi connectivity index (χ1v) is 31.0. The van der Waals surface area contributed by atoms with Crippen LogP contribution in [0.15, 0.2) is 0 Å². The molecule has 0 heterocycles. The topological polar surface area (TPSA) is 78.9 Å². The van der Waals surface area contributed by atoms with E-state index in [9.17, 15) is 14.4 Å². The van der Waals surface area contributed by atoms with Gasteiger partial charge in [-0.1, -0.05) is 323 Å². The molecule has 0 amide bonds. The molecule has 6 nitrogen and oxygen atoms in total. The molecule has 0 spiro atoms. The van der Waals surface area contributed by atoms with E-state index in [-0.39, 0.29) is 31.1 Å². The molecule has 0 aliphatic heterocycles. The third-order valence-corrected chi connectivity index (χ3v) is 14.4. The van der Waals surface area contributed by atoms with Crippen molar-refractivity contribution in [3.05, 3.63) is 0 Å². The maximum atomic E-state index is 12.8. The van der Waals surface area contributed by atoms with Gasteiger partial charge < -0.3 is 14.2 Å². The van der Waals surface area contributed by atoms with Crippen molar-refractivity contribution in [2.45, 2.75) is 367 Å². The summed E-state index contributed by atoms with van der Waals surface area (Å²) in [7, 11) is 0. The van der Waals surface area contributed by atoms with Gasteiger partial charge in [-0.05, 0) is 19.3 Å². The van der Waals surface area contributed by atoms with Crippen LogP contribution >= 0.6 is 0 Å². The van der Waals surface area contributed by atoms with Crippen molar-refractivity contribution in [1.29, 1.82) is 0 Å². The molecule has 0 N–H and O–H groups in total. The minimum Gasteiger partial charge on any atom is -0.462 e. The molecule has 0 aliphatic rings. The van der Waals surface area contributed by atoms with Gasteiger partial charge >= 0.3 is 17.9 Å². The lowest BCUT2D eigenvalue weighted by Gasteiger charge is -2.18. The van der Waals surface area contributed by atoms with E-state index in [0.717, 1.165) is 57.8 Å². The number of esters is 3. The van der Waals surface area contributed by atoms with Gasteiger partial charge in [0.1, 0.15) is 13.2 Å². The summed E-state index contributed by atoms with van der Waals surface area (Å²) in [6.45, 7) is 6.66. The van der Waals surface area contributed by atoms with Crippen LogP contribution in [0.5, 0.6) is 0 Å². The number of rotatable bonds is 58. The normalized spacial score (nSPS) is 11.9. The third kappa shape index (κ3) is 55.3. The monoisotopic (exact) mass is 961 g/mol. The number of hydrogen-bond donors (Lipinski definition) is 0. The molecule has 0 saturated carbocycles. The summed E-state index contributed by atoms with van der Waals surface area (Å²) in [5.74, 6) is -0.842. The predicted octanol–water partition coefficient (Wildman–Crippen LogP) is 20.7. The lowest BCUT2D eigenvalue weighted by molar-refractivity contribution is -0.167. The lowest BCUT2D eigenvalue weighted by atomic mass is 10.0. The van der Waals surface area contributed by atoms with E-state index in [1.54, 1.807) is 0 Å². The molecular weight excluding hydrogens is 841 g/mol. The summed E-state index contributed by atoms with van der Waals surface area (Å²) in [6.07, 6.45) is 65.8. The standard InChI is InChI=1S/C62H120O6/c1-4-7-10-13-16-18-20-22-24-26-28-30-32-34-36-38-40-42-44-46-49-52-55-61(64)67-58-59(57-66-60(63)54-51-48-15-12-9-6-3)68-62(65)56-53-50-47-45-43-41-39-37-35-33-31-29-27-25-23-21-19-17-14-11-8-5-2/h59H,4-58H2,1-3H3. The Morgan fingerprint density at radius 1 is 0.235 bits per heavy atom. The van der Waals surface area contributed by atoms with Gasteiger partial charge in [0.05, 0.1) is 0 Å². The van der Waals surface area contributed by atoms with Gasteiger partial charge in [-0.2, -0.15) is 0 Å². The van der Waals surface area contributed by atoms with Crippen molar-refractivity contribution in [3.63, 3.8) is 0 Å². The van der Waals surface area contributed by atoms with Crippen LogP contribution in [-0.4, -0.2) is 37.2 Å². The Kier molecular flexibility index (Phi) is 56.6. The van der Waals surface area contributed by atoms with E-state index >= 15 is 0 Å². The second-order valence-corrected chi connectivity index (χ2v) is 21.3. The van der Waals surface area contributed by atoms with Crippen LogP contribution in [0.1, 0.15) is 361 Å². The first kappa shape index (κ1) is 66.4. The average molecular weight is 962 g/mol. The maximum absolute atomic E-state index is 12.8. The Morgan fingerprint density at radius 3 is 0.588 bits per heavy atom. The van der Waals surface area contributed by atoms with Crippen molar-refractivity contribution in [3.8, 4) is 0 Å². The van der Waals surface area contributed by atoms with Crippen molar-refractivity contribution in [1.82, 2.24) is 0 Å². The van der Waals surface area contributed by atoms with Crippen LogP contribution in [0.25, 0.3) is 0 Å². The molecule has 0 fully saturated rings. The Morgan fingerprint density at radius 2 is 0.397 bits per heavy atom. The molecule has 0 radical (unpaired) electrons. The minimum absolute atomic E-state index is 0.0620. The molecule has 0 bridgehead atoms. The summed E-state index contributed by atoms with van der Waals surface area (Å²) >= 11 is 0. The molecular formula is C62H120O6. The molecule has 1 atom stereocenters. The predicted molar refractivity (Wildman–Crippen MR) is 294 cm³/mol. The van der Waals surface area contributed by atoms with E-state index in [0.29, 0.717) is 19.3 Å². The Bertz CT molecular complexity index is 1010. The zero-order chi connectivity index (χ0) is 49.3. The van der Waals surface area contributed by atoms with Gasteiger partial charge in [-0.15, -0.1) is 0 Å². The van der Waals surface area contributed by atoms with Crippen LogP contribution in [0.2, 0.25) is 0 Å². The second kappa shape index (κ2) is 58.0. The summed E-state index contributed by atoms with van der Waals surface area (Å²) < 4.78 is 16.8. The fraction of sp³-hybridized carbons (Fsp3) is 0.952. The van der Waals surface area contributed by atoms with Crippen molar-refractivity contribution in [2.75, 3.05) is 13.2 Å². The third-order valence-electron chi connectivity index (χ3n) is 14.4. The van der Waals surface area contributed by atoms with Crippen molar-refractivity contribution in [2.24, 2.45) is 0 Å². The zero-order valence-corrected chi connectivity index (χ0v) is 46.4. The van der Waals surface area contributed by atoms with E-state index in [4.69, 9.17) is 14.2 Å². The summed E-state index contributed by atoms with van der Waals surface area (Å²) in [6, 6.07) is 0. The first-order chi connectivity index (χ1) is 33.5. The second-order valence-electron chi connectivity index (χ2n) is 21.3. The summed E-state index contributed by atoms with van der Waals surface area (Å²) in [5.41, 5.74) is 0. The highest BCUT2D eigenvalue weighted by atomic mass is 16.6. The van der Waals surface area contributed by atoms with Gasteiger partial charge in [-0.3, -0.25) is 14.4 Å². The van der Waals surface area contributed by atoms with E-state index in [1.165, 1.54) is 263 Å². The van der Waals surface area contributed by atoms with Crippen molar-refractivity contribution >= 4 is 17.9 Å². The molecule has 404 valence electrons. The maximum Gasteiger partial charge on any atom is 0.306 e. The number of carbonyl (C=O) groups is 3. The highest BCUT2D eigenvalue weighted by Gasteiger charge is 2.19. The molecule has 1 unspecified atom stereocenters. The molecule has 0 saturated heterocycles. The molecule has 6 heteroatoms. The number of carbonyl (C=O) groups excluding carboxylic acids is 3. The largest absolute Gasteiger partial charge is 0.462 e. The average Bonchev–Trinajstić information content (AvgIpc) is 3.34. The highest BCUT2D eigenvalue weighted by molar-refractivity contribution is 5.71. The summed E-state index contributed by atoms with van der Waals surface area (Å²) in [5, 5.41) is 0. The Hall–Kier alpha value is -1.59. The Balaban J connectivity index is 4.03. The van der Waals surface area contributed by atoms with E-state index in [2.05, 4.69) is 20.8 Å². The first-order valence-electron chi connectivity index (χ1n) is 31.0. The fourth-order valence-electron chi connectivity index (χ4n) is 9.68. The highest BCUT2D eigenvalue weighted by Crippen LogP contribution is 2.18. The fourth-order valence-corrected chi connectivity index (χ4v) is 9.68. The van der Waals surface area contributed by atoms with Gasteiger partial charge in [0.15, 0.2) is 6.10 Å². The van der Waals surface area contributed by atoms with Crippen LogP contribution in [-0.2, 0) is 28.6 Å². The Labute approximate surface area is 425 Å². The zero-order valence-electron chi connectivity index (χ0n) is 46.4.